The zero-order valence-corrected chi connectivity index (χ0v) is 15.7. The molecule has 0 heterocycles. The Bertz CT molecular complexity index is 1030. The molecule has 0 aliphatic heterocycles. The Morgan fingerprint density at radius 1 is 0.536 bits per heavy atom. The van der Waals surface area contributed by atoms with Gasteiger partial charge in [-0.3, -0.25) is 0 Å². The van der Waals surface area contributed by atoms with Crippen LogP contribution < -0.4 is 16.4 Å². The summed E-state index contributed by atoms with van der Waals surface area (Å²) in [5.41, 5.74) is 5.86. The maximum atomic E-state index is 9.26. The number of hydrogen-bond acceptors (Lipinski definition) is 1. The second-order valence-electron chi connectivity index (χ2n) is 7.29. The Labute approximate surface area is 166 Å². The number of nitrogens with zero attached hydrogens (tertiary/aromatic N) is 1. The summed E-state index contributed by atoms with van der Waals surface area (Å²) in [5, 5.41) is 9.26. The fourth-order valence-corrected chi connectivity index (χ4v) is 4.35. The molecule has 0 amide bonds. The summed E-state index contributed by atoms with van der Waals surface area (Å²) < 4.78 is 0. The van der Waals surface area contributed by atoms with Gasteiger partial charge in [-0.2, -0.15) is 21.7 Å². The molecule has 0 saturated heterocycles. The van der Waals surface area contributed by atoms with Crippen LogP contribution in [0.2, 0.25) is 0 Å². The summed E-state index contributed by atoms with van der Waals surface area (Å²) in [6.07, 6.45) is -0.320. The van der Waals surface area contributed by atoms with Crippen molar-refractivity contribution in [3.05, 3.63) is 126 Å². The van der Waals surface area contributed by atoms with Gasteiger partial charge in [-0.25, -0.2) is 0 Å². The first-order chi connectivity index (χ1) is 13.8. The molecular weight excluding hydrogens is 337 g/mol. The van der Waals surface area contributed by atoms with Crippen molar-refractivity contribution >= 4 is 22.5 Å². The predicted molar refractivity (Wildman–Crippen MR) is 119 cm³/mol. The molecule has 4 aromatic rings. The van der Waals surface area contributed by atoms with Gasteiger partial charge in [0.2, 0.25) is 0 Å². The SMILES string of the molecule is N#Cc1ccc([B-](Cc2ccccc2)(c2ccccc2)c2ccccc2)cc1. The van der Waals surface area contributed by atoms with E-state index in [2.05, 4.69) is 109 Å². The lowest BCUT2D eigenvalue weighted by atomic mass is 9.14. The van der Waals surface area contributed by atoms with Crippen LogP contribution in [-0.2, 0) is 6.32 Å². The van der Waals surface area contributed by atoms with Gasteiger partial charge in [-0.1, -0.05) is 109 Å². The summed E-state index contributed by atoms with van der Waals surface area (Å²) in [4.78, 5) is 0. The molecule has 0 radical (unpaired) electrons. The maximum absolute atomic E-state index is 9.26. The van der Waals surface area contributed by atoms with E-state index in [-0.39, 0.29) is 0 Å². The lowest BCUT2D eigenvalue weighted by molar-refractivity contribution is 1.34. The number of benzene rings is 4. The summed E-state index contributed by atoms with van der Waals surface area (Å²) in [6.45, 7) is 0. The first-order valence-electron chi connectivity index (χ1n) is 9.65. The Morgan fingerprint density at radius 3 is 1.43 bits per heavy atom. The standard InChI is InChI=1S/C26H21BN/c28-21-23-16-18-26(19-17-23)27(24-12-6-2-7-13-24,25-14-8-3-9-15-25)20-22-10-4-1-5-11-22/h1-19H,20H2/q-1. The van der Waals surface area contributed by atoms with Crippen molar-refractivity contribution in [2.75, 3.05) is 0 Å². The first kappa shape index (κ1) is 17.8. The highest BCUT2D eigenvalue weighted by molar-refractivity contribution is 7.11. The zero-order valence-electron chi connectivity index (χ0n) is 15.7. The molecule has 0 unspecified atom stereocenters. The minimum Gasteiger partial charge on any atom is -0.200 e. The Hall–Kier alpha value is -3.57. The Morgan fingerprint density at radius 2 is 0.964 bits per heavy atom. The fourth-order valence-electron chi connectivity index (χ4n) is 4.35. The molecule has 0 spiro atoms. The molecule has 1 nitrogen and oxygen atoms in total. The van der Waals surface area contributed by atoms with Gasteiger partial charge in [-0.05, 0) is 12.1 Å². The molecule has 0 saturated carbocycles. The van der Waals surface area contributed by atoms with Crippen LogP contribution in [0.1, 0.15) is 11.1 Å². The van der Waals surface area contributed by atoms with Crippen LogP contribution in [0.25, 0.3) is 0 Å². The van der Waals surface area contributed by atoms with E-state index in [4.69, 9.17) is 0 Å². The third-order valence-corrected chi connectivity index (χ3v) is 5.73. The zero-order chi connectivity index (χ0) is 19.2. The molecule has 0 atom stereocenters. The van der Waals surface area contributed by atoms with Crippen molar-refractivity contribution < 1.29 is 0 Å². The summed E-state index contributed by atoms with van der Waals surface area (Å²) in [5.74, 6) is 0. The van der Waals surface area contributed by atoms with Crippen LogP contribution >= 0.6 is 0 Å². The molecular formula is C26H21BN-. The third kappa shape index (κ3) is 3.35. The van der Waals surface area contributed by atoms with Gasteiger partial charge in [0.05, 0.1) is 17.8 Å². The fraction of sp³-hybridized carbons (Fsp3) is 0.0385. The van der Waals surface area contributed by atoms with E-state index >= 15 is 0 Å². The molecule has 0 aromatic heterocycles. The van der Waals surface area contributed by atoms with Gasteiger partial charge in [0, 0.05) is 0 Å². The second kappa shape index (κ2) is 7.98. The highest BCUT2D eigenvalue weighted by Gasteiger charge is 2.30. The van der Waals surface area contributed by atoms with Crippen molar-refractivity contribution in [2.45, 2.75) is 6.32 Å². The molecule has 0 N–H and O–H groups in total. The quantitative estimate of drug-likeness (QED) is 0.498. The molecule has 0 aliphatic rings. The van der Waals surface area contributed by atoms with Crippen molar-refractivity contribution in [1.29, 1.82) is 5.26 Å². The van der Waals surface area contributed by atoms with Crippen LogP contribution in [-0.4, -0.2) is 6.15 Å². The first-order valence-corrected chi connectivity index (χ1v) is 9.65. The monoisotopic (exact) mass is 358 g/mol. The number of hydrogen-bond donors (Lipinski definition) is 0. The lowest BCUT2D eigenvalue weighted by Gasteiger charge is -2.43. The molecule has 4 aromatic carbocycles. The van der Waals surface area contributed by atoms with Crippen molar-refractivity contribution in [2.24, 2.45) is 0 Å². The van der Waals surface area contributed by atoms with Crippen LogP contribution in [0.3, 0.4) is 0 Å². The van der Waals surface area contributed by atoms with E-state index in [1.165, 1.54) is 22.0 Å². The van der Waals surface area contributed by atoms with Gasteiger partial charge in [0.15, 0.2) is 0 Å². The van der Waals surface area contributed by atoms with Crippen LogP contribution in [0.4, 0.5) is 0 Å². The van der Waals surface area contributed by atoms with Crippen LogP contribution in [0.15, 0.2) is 115 Å². The largest absolute Gasteiger partial charge is 0.200 e. The number of nitriles is 1. The van der Waals surface area contributed by atoms with Crippen molar-refractivity contribution in [3.8, 4) is 6.07 Å². The van der Waals surface area contributed by atoms with E-state index in [1.54, 1.807) is 0 Å². The third-order valence-electron chi connectivity index (χ3n) is 5.73. The molecule has 134 valence electrons. The maximum Gasteiger partial charge on any atom is 0.0991 e. The Balaban J connectivity index is 2.00. The average molecular weight is 358 g/mol. The molecule has 2 heteroatoms. The smallest absolute Gasteiger partial charge is 0.0991 e. The van der Waals surface area contributed by atoms with Gasteiger partial charge in [0.25, 0.3) is 0 Å². The normalized spacial score (nSPS) is 11.0. The van der Waals surface area contributed by atoms with Crippen LogP contribution in [0.5, 0.6) is 0 Å². The van der Waals surface area contributed by atoms with Crippen molar-refractivity contribution in [3.63, 3.8) is 0 Å². The van der Waals surface area contributed by atoms with Crippen molar-refractivity contribution in [1.82, 2.24) is 0 Å². The van der Waals surface area contributed by atoms with Gasteiger partial charge in [-0.15, -0.1) is 6.32 Å². The lowest BCUT2D eigenvalue weighted by Crippen LogP contribution is -2.68. The topological polar surface area (TPSA) is 23.8 Å². The second-order valence-corrected chi connectivity index (χ2v) is 7.29. The van der Waals surface area contributed by atoms with E-state index in [1.807, 2.05) is 12.1 Å². The van der Waals surface area contributed by atoms with E-state index in [9.17, 15) is 5.26 Å². The van der Waals surface area contributed by atoms with Gasteiger partial charge >= 0.3 is 0 Å². The average Bonchev–Trinajstić information content (AvgIpc) is 2.79. The minimum absolute atomic E-state index is 0.689. The summed E-state index contributed by atoms with van der Waals surface area (Å²) in [7, 11) is 0. The molecule has 0 aliphatic carbocycles. The molecule has 4 rings (SSSR count). The molecule has 0 bridgehead atoms. The Kier molecular flexibility index (Phi) is 5.08. The van der Waals surface area contributed by atoms with Crippen LogP contribution in [0, 0.1) is 11.3 Å². The summed E-state index contributed by atoms with van der Waals surface area (Å²) >= 11 is 0. The van der Waals surface area contributed by atoms with E-state index in [0.29, 0.717) is 5.56 Å². The highest BCUT2D eigenvalue weighted by Crippen LogP contribution is 2.15. The van der Waals surface area contributed by atoms with E-state index in [0.717, 1.165) is 6.32 Å². The predicted octanol–water partition coefficient (Wildman–Crippen LogP) is 3.81. The van der Waals surface area contributed by atoms with Gasteiger partial charge < -0.3 is 0 Å². The number of rotatable bonds is 5. The minimum atomic E-state index is -1.22. The molecule has 0 fully saturated rings. The molecule has 28 heavy (non-hydrogen) atoms. The van der Waals surface area contributed by atoms with Gasteiger partial charge in [0.1, 0.15) is 0 Å². The van der Waals surface area contributed by atoms with E-state index < -0.39 is 6.15 Å². The highest BCUT2D eigenvalue weighted by atomic mass is 14.2. The summed E-state index contributed by atoms with van der Waals surface area (Å²) in [6, 6.07) is 42.5.